The van der Waals surface area contributed by atoms with E-state index < -0.39 is 35.6 Å². The first-order chi connectivity index (χ1) is 14.5. The van der Waals surface area contributed by atoms with E-state index >= 15 is 0 Å². The molecule has 2 aromatic rings. The highest BCUT2D eigenvalue weighted by molar-refractivity contribution is 5.36. The van der Waals surface area contributed by atoms with Crippen LogP contribution in [0.4, 0.5) is 17.6 Å². The lowest BCUT2D eigenvalue weighted by molar-refractivity contribution is 0.164. The van der Waals surface area contributed by atoms with Crippen molar-refractivity contribution in [3.05, 3.63) is 70.5 Å². The summed E-state index contributed by atoms with van der Waals surface area (Å²) in [5.41, 5.74) is 0.130. The summed E-state index contributed by atoms with van der Waals surface area (Å²) in [6.45, 7) is 3.70. The van der Waals surface area contributed by atoms with Gasteiger partial charge in [0.25, 0.3) is 0 Å². The van der Waals surface area contributed by atoms with Crippen LogP contribution in [0.1, 0.15) is 50.2 Å². The Hall–Kier alpha value is -2.70. The van der Waals surface area contributed by atoms with Crippen molar-refractivity contribution in [1.82, 2.24) is 0 Å². The lowest BCUT2D eigenvalue weighted by Crippen LogP contribution is -2.15. The van der Waals surface area contributed by atoms with Crippen molar-refractivity contribution >= 4 is 0 Å². The minimum atomic E-state index is -1.24. The molecule has 0 bridgehead atoms. The van der Waals surface area contributed by atoms with Crippen molar-refractivity contribution in [3.8, 4) is 11.5 Å². The van der Waals surface area contributed by atoms with Gasteiger partial charge in [0.15, 0.2) is 23.1 Å². The number of benzene rings is 2. The molecular formula is C23H24F4O3. The second kappa shape index (κ2) is 9.87. The molecule has 0 saturated carbocycles. The van der Waals surface area contributed by atoms with Gasteiger partial charge in [0.05, 0.1) is 19.0 Å². The largest absolute Gasteiger partial charge is 0.498 e. The minimum absolute atomic E-state index is 0.0936. The van der Waals surface area contributed by atoms with Crippen LogP contribution in [0.3, 0.4) is 0 Å². The Morgan fingerprint density at radius 1 is 0.900 bits per heavy atom. The van der Waals surface area contributed by atoms with E-state index in [1.54, 1.807) is 6.92 Å². The maximum Gasteiger partial charge on any atom is 0.204 e. The van der Waals surface area contributed by atoms with Crippen molar-refractivity contribution in [1.29, 1.82) is 0 Å². The van der Waals surface area contributed by atoms with Crippen LogP contribution in [-0.4, -0.2) is 13.2 Å². The first-order valence-electron chi connectivity index (χ1n) is 9.98. The Bertz CT molecular complexity index is 927. The number of halogens is 4. The van der Waals surface area contributed by atoms with Gasteiger partial charge in [0.1, 0.15) is 6.61 Å². The van der Waals surface area contributed by atoms with Crippen molar-refractivity contribution < 1.29 is 31.8 Å². The van der Waals surface area contributed by atoms with Crippen molar-refractivity contribution in [2.24, 2.45) is 0 Å². The second-order valence-electron chi connectivity index (χ2n) is 7.02. The summed E-state index contributed by atoms with van der Waals surface area (Å²) >= 11 is 0. The molecule has 0 aliphatic carbocycles. The zero-order valence-electron chi connectivity index (χ0n) is 16.9. The molecular weight excluding hydrogens is 400 g/mol. The summed E-state index contributed by atoms with van der Waals surface area (Å²) in [6, 6.07) is 5.28. The van der Waals surface area contributed by atoms with E-state index in [4.69, 9.17) is 14.2 Å². The lowest BCUT2D eigenvalue weighted by Gasteiger charge is -2.24. The Morgan fingerprint density at radius 2 is 1.60 bits per heavy atom. The molecule has 1 unspecified atom stereocenters. The fourth-order valence-electron chi connectivity index (χ4n) is 3.32. The monoisotopic (exact) mass is 424 g/mol. The summed E-state index contributed by atoms with van der Waals surface area (Å²) < 4.78 is 73.0. The van der Waals surface area contributed by atoms with Gasteiger partial charge >= 0.3 is 0 Å². The average Bonchev–Trinajstić information content (AvgIpc) is 2.75. The molecule has 0 fully saturated rings. The summed E-state index contributed by atoms with van der Waals surface area (Å²) in [4.78, 5) is 0. The number of hydrogen-bond donors (Lipinski definition) is 0. The van der Waals surface area contributed by atoms with E-state index in [-0.39, 0.29) is 36.0 Å². The maximum absolute atomic E-state index is 14.6. The molecule has 0 amide bonds. The highest BCUT2D eigenvalue weighted by Gasteiger charge is 2.24. The quantitative estimate of drug-likeness (QED) is 0.459. The van der Waals surface area contributed by atoms with Gasteiger partial charge in [-0.3, -0.25) is 0 Å². The summed E-state index contributed by atoms with van der Waals surface area (Å²) in [5.74, 6) is -4.53. The summed E-state index contributed by atoms with van der Waals surface area (Å²) in [5, 5.41) is 0. The normalized spacial score (nSPS) is 16.1. The Morgan fingerprint density at radius 3 is 2.20 bits per heavy atom. The SMILES string of the molecule is CCCC1=CCC(c2ccc(COc3ccc(OCC)c(F)c3F)c(F)c2F)CO1. The molecule has 1 heterocycles. The fourth-order valence-corrected chi connectivity index (χ4v) is 3.32. The van der Waals surface area contributed by atoms with E-state index in [0.29, 0.717) is 6.42 Å². The molecule has 7 heteroatoms. The van der Waals surface area contributed by atoms with Gasteiger partial charge in [0.2, 0.25) is 11.6 Å². The summed E-state index contributed by atoms with van der Waals surface area (Å²) in [7, 11) is 0. The van der Waals surface area contributed by atoms with Crippen molar-refractivity contribution in [2.75, 3.05) is 13.2 Å². The van der Waals surface area contributed by atoms with Crippen LogP contribution in [0.15, 0.2) is 36.1 Å². The lowest BCUT2D eigenvalue weighted by atomic mass is 9.92. The van der Waals surface area contributed by atoms with E-state index in [0.717, 1.165) is 18.6 Å². The molecule has 0 N–H and O–H groups in total. The molecule has 3 rings (SSSR count). The number of allylic oxidation sites excluding steroid dienone is 2. The molecule has 0 aromatic heterocycles. The second-order valence-corrected chi connectivity index (χ2v) is 7.02. The minimum Gasteiger partial charge on any atom is -0.498 e. The molecule has 1 aliphatic heterocycles. The highest BCUT2D eigenvalue weighted by Crippen LogP contribution is 2.32. The van der Waals surface area contributed by atoms with E-state index in [2.05, 4.69) is 0 Å². The Kier molecular flexibility index (Phi) is 7.24. The predicted octanol–water partition coefficient (Wildman–Crippen LogP) is 6.41. The molecule has 1 aliphatic rings. The van der Waals surface area contributed by atoms with Gasteiger partial charge in [0, 0.05) is 17.9 Å². The van der Waals surface area contributed by atoms with E-state index in [1.807, 2.05) is 13.0 Å². The third-order valence-electron chi connectivity index (χ3n) is 4.92. The van der Waals surface area contributed by atoms with Gasteiger partial charge < -0.3 is 14.2 Å². The van der Waals surface area contributed by atoms with Crippen LogP contribution in [0, 0.1) is 23.3 Å². The van der Waals surface area contributed by atoms with Gasteiger partial charge in [-0.15, -0.1) is 0 Å². The smallest absolute Gasteiger partial charge is 0.204 e. The predicted molar refractivity (Wildman–Crippen MR) is 105 cm³/mol. The van der Waals surface area contributed by atoms with Gasteiger partial charge in [-0.25, -0.2) is 8.78 Å². The Labute approximate surface area is 173 Å². The molecule has 30 heavy (non-hydrogen) atoms. The van der Waals surface area contributed by atoms with Crippen LogP contribution >= 0.6 is 0 Å². The molecule has 162 valence electrons. The summed E-state index contributed by atoms with van der Waals surface area (Å²) in [6.07, 6.45) is 4.25. The molecule has 1 atom stereocenters. The average molecular weight is 424 g/mol. The third kappa shape index (κ3) is 4.71. The molecule has 0 saturated heterocycles. The maximum atomic E-state index is 14.6. The van der Waals surface area contributed by atoms with Crippen LogP contribution in [0.2, 0.25) is 0 Å². The van der Waals surface area contributed by atoms with Gasteiger partial charge in [-0.2, -0.15) is 8.78 Å². The number of ether oxygens (including phenoxy) is 3. The standard InChI is InChI=1S/C23H24F4O3/c1-3-5-16-8-6-14(12-29-16)17-9-7-15(20(24)21(17)25)13-30-19-11-10-18(28-4-2)22(26)23(19)27/h7-11,14H,3-6,12-13H2,1-2H3. The van der Waals surface area contributed by atoms with Crippen LogP contribution < -0.4 is 9.47 Å². The first kappa shape index (κ1) is 22.0. The van der Waals surface area contributed by atoms with Crippen LogP contribution in [0.25, 0.3) is 0 Å². The molecule has 2 aromatic carbocycles. The van der Waals surface area contributed by atoms with E-state index in [1.165, 1.54) is 24.3 Å². The zero-order valence-corrected chi connectivity index (χ0v) is 16.9. The van der Waals surface area contributed by atoms with Crippen molar-refractivity contribution in [3.63, 3.8) is 0 Å². The van der Waals surface area contributed by atoms with E-state index in [9.17, 15) is 17.6 Å². The van der Waals surface area contributed by atoms with Gasteiger partial charge in [-0.05, 0) is 43.5 Å². The first-order valence-corrected chi connectivity index (χ1v) is 9.98. The molecule has 3 nitrogen and oxygen atoms in total. The third-order valence-corrected chi connectivity index (χ3v) is 4.92. The van der Waals surface area contributed by atoms with Crippen LogP contribution in [-0.2, 0) is 11.3 Å². The fraction of sp³-hybridized carbons (Fsp3) is 0.391. The van der Waals surface area contributed by atoms with Gasteiger partial charge in [-0.1, -0.05) is 19.1 Å². The number of rotatable bonds is 8. The Balaban J connectivity index is 1.72. The van der Waals surface area contributed by atoms with Crippen LogP contribution in [0.5, 0.6) is 11.5 Å². The molecule has 0 spiro atoms. The molecule has 0 radical (unpaired) electrons. The topological polar surface area (TPSA) is 27.7 Å². The number of hydrogen-bond acceptors (Lipinski definition) is 3. The van der Waals surface area contributed by atoms with Crippen molar-refractivity contribution in [2.45, 2.75) is 45.6 Å². The zero-order chi connectivity index (χ0) is 21.7. The highest BCUT2D eigenvalue weighted by atomic mass is 19.2.